The fraction of sp³-hybridized carbons (Fsp3) is 0.400. The molecule has 16 heteroatoms. The fourth-order valence-electron chi connectivity index (χ4n) is 6.89. The Morgan fingerprint density at radius 3 is 2.05 bits per heavy atom. The number of amides is 8. The van der Waals surface area contributed by atoms with Gasteiger partial charge in [-0.25, -0.2) is 19.3 Å². The van der Waals surface area contributed by atoms with Gasteiger partial charge in [0.2, 0.25) is 0 Å². The molecule has 3 aliphatic rings. The van der Waals surface area contributed by atoms with E-state index in [4.69, 9.17) is 14.2 Å². The van der Waals surface area contributed by atoms with Crippen LogP contribution in [-0.4, -0.2) is 92.9 Å². The topological polar surface area (TPSA) is 185 Å². The summed E-state index contributed by atoms with van der Waals surface area (Å²) in [6.07, 6.45) is -0.742. The van der Waals surface area contributed by atoms with Crippen molar-refractivity contribution in [2.75, 3.05) is 33.5 Å². The third-order valence-corrected chi connectivity index (χ3v) is 11.6. The van der Waals surface area contributed by atoms with Crippen LogP contribution in [-0.2, 0) is 36.7 Å². The number of alkyl carbamates (subject to hydrolysis) is 1. The van der Waals surface area contributed by atoms with Gasteiger partial charge in [-0.3, -0.25) is 19.7 Å². The highest BCUT2D eigenvalue weighted by molar-refractivity contribution is 6.76. The summed E-state index contributed by atoms with van der Waals surface area (Å²) in [6.45, 7) is 11.8. The number of carbonyl (C=O) groups excluding carboxylic acids is 6. The Bertz CT molecular complexity index is 2060. The average molecular weight is 785 g/mol. The van der Waals surface area contributed by atoms with Crippen LogP contribution in [0.2, 0.25) is 25.7 Å². The van der Waals surface area contributed by atoms with E-state index in [0.717, 1.165) is 27.6 Å². The molecular formula is C40H48N6O9Si. The normalized spacial score (nSPS) is 20.8. The molecule has 0 radical (unpaired) electrons. The third kappa shape index (κ3) is 8.11. The molecule has 4 N–H and O–H groups in total. The number of fused-ring (bicyclic) bond motifs is 1. The summed E-state index contributed by atoms with van der Waals surface area (Å²) in [4.78, 5) is 82.0. The Kier molecular flexibility index (Phi) is 10.7. The molecule has 6 rings (SSSR count). The molecule has 0 bridgehead atoms. The number of hydrogen-bond donors (Lipinski definition) is 4. The summed E-state index contributed by atoms with van der Waals surface area (Å²) >= 11 is 0. The second-order valence-corrected chi connectivity index (χ2v) is 22.0. The van der Waals surface area contributed by atoms with Crippen LogP contribution in [0.15, 0.2) is 66.7 Å². The van der Waals surface area contributed by atoms with Crippen LogP contribution in [0.1, 0.15) is 47.8 Å². The van der Waals surface area contributed by atoms with E-state index in [0.29, 0.717) is 29.0 Å². The number of rotatable bonds is 13. The zero-order valence-electron chi connectivity index (χ0n) is 32.7. The first-order valence-electron chi connectivity index (χ1n) is 18.3. The number of imide groups is 2. The SMILES string of the molecule is COc1ccc2c(c1)C(=O)N(C[C@@]1(c3ccc(-c4ccc(C5(CNC(=O)OC(C)(C)C)NC(=O)NC5=O)cc4)cc3)NC(=O)N(COCC[Si](C)(C)C)C1=O)C2. The van der Waals surface area contributed by atoms with E-state index in [-0.39, 0.29) is 32.3 Å². The molecule has 2 saturated heterocycles. The zero-order valence-corrected chi connectivity index (χ0v) is 33.7. The highest BCUT2D eigenvalue weighted by atomic mass is 28.3. The molecular weight excluding hydrogens is 737 g/mol. The molecule has 2 fully saturated rings. The maximum Gasteiger partial charge on any atom is 0.407 e. The second-order valence-electron chi connectivity index (χ2n) is 16.4. The first kappa shape index (κ1) is 39.9. The third-order valence-electron chi connectivity index (χ3n) is 9.94. The van der Waals surface area contributed by atoms with Crippen LogP contribution in [0.5, 0.6) is 5.75 Å². The van der Waals surface area contributed by atoms with E-state index in [9.17, 15) is 28.8 Å². The van der Waals surface area contributed by atoms with E-state index in [2.05, 4.69) is 40.9 Å². The first-order chi connectivity index (χ1) is 26.3. The zero-order chi connectivity index (χ0) is 40.6. The first-order valence-corrected chi connectivity index (χ1v) is 22.0. The molecule has 3 aliphatic heterocycles. The molecule has 3 aromatic rings. The van der Waals surface area contributed by atoms with Gasteiger partial charge in [0, 0.05) is 26.8 Å². The molecule has 0 spiro atoms. The smallest absolute Gasteiger partial charge is 0.407 e. The van der Waals surface area contributed by atoms with Gasteiger partial charge in [-0.1, -0.05) is 74.2 Å². The van der Waals surface area contributed by atoms with Gasteiger partial charge in [0.15, 0.2) is 11.1 Å². The molecule has 0 aromatic heterocycles. The number of carbonyl (C=O) groups is 6. The summed E-state index contributed by atoms with van der Waals surface area (Å²) in [6, 6.07) is 18.8. The summed E-state index contributed by atoms with van der Waals surface area (Å²) < 4.78 is 16.5. The molecule has 2 atom stereocenters. The number of urea groups is 2. The molecule has 3 aromatic carbocycles. The van der Waals surface area contributed by atoms with Crippen LogP contribution < -0.4 is 26.0 Å². The molecule has 56 heavy (non-hydrogen) atoms. The van der Waals surface area contributed by atoms with Crippen LogP contribution in [0.3, 0.4) is 0 Å². The van der Waals surface area contributed by atoms with Crippen LogP contribution >= 0.6 is 0 Å². The van der Waals surface area contributed by atoms with Gasteiger partial charge >= 0.3 is 18.2 Å². The number of hydrogen-bond acceptors (Lipinski definition) is 9. The van der Waals surface area contributed by atoms with Crippen molar-refractivity contribution in [3.05, 3.63) is 89.0 Å². The minimum absolute atomic E-state index is 0.125. The lowest BCUT2D eigenvalue weighted by molar-refractivity contribution is -0.135. The fourth-order valence-corrected chi connectivity index (χ4v) is 7.64. The molecule has 15 nitrogen and oxygen atoms in total. The molecule has 296 valence electrons. The van der Waals surface area contributed by atoms with Crippen molar-refractivity contribution >= 4 is 44.0 Å². The Hall–Kier alpha value is -5.74. The van der Waals surface area contributed by atoms with Crippen molar-refractivity contribution in [2.24, 2.45) is 0 Å². The highest BCUT2D eigenvalue weighted by Crippen LogP contribution is 2.36. The Labute approximate surface area is 326 Å². The van der Waals surface area contributed by atoms with Gasteiger partial charge in [0.1, 0.15) is 18.1 Å². The van der Waals surface area contributed by atoms with E-state index in [1.54, 1.807) is 86.3 Å². The lowest BCUT2D eigenvalue weighted by atomic mass is 9.86. The van der Waals surface area contributed by atoms with Gasteiger partial charge in [0.05, 0.1) is 20.2 Å². The minimum atomic E-state index is -1.61. The van der Waals surface area contributed by atoms with Gasteiger partial charge in [-0.15, -0.1) is 0 Å². The van der Waals surface area contributed by atoms with Crippen LogP contribution in [0.25, 0.3) is 11.1 Å². The Balaban J connectivity index is 1.26. The lowest BCUT2D eigenvalue weighted by Crippen LogP contribution is -2.53. The van der Waals surface area contributed by atoms with Crippen LogP contribution in [0.4, 0.5) is 14.4 Å². The Morgan fingerprint density at radius 1 is 0.875 bits per heavy atom. The summed E-state index contributed by atoms with van der Waals surface area (Å²) in [7, 11) is 0.0991. The average Bonchev–Trinajstić information content (AvgIpc) is 3.70. The predicted molar refractivity (Wildman–Crippen MR) is 208 cm³/mol. The van der Waals surface area contributed by atoms with Crippen molar-refractivity contribution in [3.8, 4) is 16.9 Å². The van der Waals surface area contributed by atoms with Crippen molar-refractivity contribution < 1.29 is 43.0 Å². The summed E-state index contributed by atoms with van der Waals surface area (Å²) in [5.41, 5.74) is -0.306. The van der Waals surface area contributed by atoms with Crippen LogP contribution in [0, 0.1) is 0 Å². The van der Waals surface area contributed by atoms with Crippen molar-refractivity contribution in [2.45, 2.75) is 69.7 Å². The van der Waals surface area contributed by atoms with E-state index in [1.165, 1.54) is 7.11 Å². The number of nitrogens with zero attached hydrogens (tertiary/aromatic N) is 2. The quantitative estimate of drug-likeness (QED) is 0.109. The van der Waals surface area contributed by atoms with Gasteiger partial charge < -0.3 is 35.1 Å². The monoisotopic (exact) mass is 784 g/mol. The lowest BCUT2D eigenvalue weighted by Gasteiger charge is -2.32. The second kappa shape index (κ2) is 15.1. The van der Waals surface area contributed by atoms with E-state index < -0.39 is 54.7 Å². The van der Waals surface area contributed by atoms with Crippen molar-refractivity contribution in [3.63, 3.8) is 0 Å². The standard InChI is InChI=1S/C40H48N6O9Si/c1-38(2,3)55-37(52)41-22-39(33(48)42-35(50)43-39)28-13-8-25(9-14-28)26-10-15-29(16-11-26)40(23-45-21-27-12-17-30(53-4)20-31(27)32(45)47)34(49)46(36(51)44-40)24-54-18-19-56(5,6)7/h8-17,20H,18-19,21-24H2,1-7H3,(H,41,52)(H,44,51)(H2,42,43,48,50)/t39?,40-/m0/s1. The molecule has 1 unspecified atom stereocenters. The Morgan fingerprint density at radius 2 is 1.50 bits per heavy atom. The number of benzene rings is 3. The molecule has 0 saturated carbocycles. The maximum absolute atomic E-state index is 14.4. The van der Waals surface area contributed by atoms with Gasteiger partial charge in [-0.2, -0.15) is 0 Å². The van der Waals surface area contributed by atoms with Crippen molar-refractivity contribution in [1.29, 1.82) is 0 Å². The molecule has 8 amide bonds. The van der Waals surface area contributed by atoms with Gasteiger partial charge in [-0.05, 0) is 66.8 Å². The number of ether oxygens (including phenoxy) is 3. The van der Waals surface area contributed by atoms with Gasteiger partial charge in [0.25, 0.3) is 17.7 Å². The summed E-state index contributed by atoms with van der Waals surface area (Å²) in [5.74, 6) is -0.907. The van der Waals surface area contributed by atoms with Crippen molar-refractivity contribution in [1.82, 2.24) is 31.1 Å². The molecule has 3 heterocycles. The largest absolute Gasteiger partial charge is 0.497 e. The maximum atomic E-state index is 14.4. The molecule has 0 aliphatic carbocycles. The highest BCUT2D eigenvalue weighted by Gasteiger charge is 2.55. The van der Waals surface area contributed by atoms with E-state index >= 15 is 0 Å². The summed E-state index contributed by atoms with van der Waals surface area (Å²) in [5, 5.41) is 10.4. The predicted octanol–water partition coefficient (Wildman–Crippen LogP) is 4.64. The number of nitrogens with one attached hydrogen (secondary N) is 4. The minimum Gasteiger partial charge on any atom is -0.497 e. The van der Waals surface area contributed by atoms with E-state index in [1.807, 2.05) is 6.07 Å². The number of methoxy groups -OCH3 is 1.